The molecule has 1 N–H and O–H groups in total. The Balaban J connectivity index is 1.66. The molecule has 0 bridgehead atoms. The highest BCUT2D eigenvalue weighted by atomic mass is 32.2. The van der Waals surface area contributed by atoms with Crippen molar-refractivity contribution in [2.24, 2.45) is 0 Å². The third-order valence-corrected chi connectivity index (χ3v) is 9.47. The largest absolute Gasteiger partial charge is 0.478 e. The number of sulfonamides is 1. The maximum Gasteiger partial charge on any atom is 0.335 e. The Morgan fingerprint density at radius 3 is 1.95 bits per heavy atom. The number of benzene rings is 3. The van der Waals surface area contributed by atoms with Gasteiger partial charge in [0.1, 0.15) is 0 Å². The lowest BCUT2D eigenvalue weighted by Crippen LogP contribution is -2.41. The van der Waals surface area contributed by atoms with Crippen LogP contribution in [-0.4, -0.2) is 43.3 Å². The summed E-state index contributed by atoms with van der Waals surface area (Å²) >= 11 is 0. The van der Waals surface area contributed by atoms with Crippen molar-refractivity contribution in [1.29, 1.82) is 0 Å². The van der Waals surface area contributed by atoms with Crippen LogP contribution in [0.1, 0.15) is 65.1 Å². The summed E-state index contributed by atoms with van der Waals surface area (Å²) in [7, 11) is -4.61. The minimum absolute atomic E-state index is 0.0287. The van der Waals surface area contributed by atoms with Gasteiger partial charge >= 0.3 is 5.97 Å². The Bertz CT molecular complexity index is 1630. The van der Waals surface area contributed by atoms with E-state index in [1.165, 1.54) is 31.5 Å². The second-order valence-electron chi connectivity index (χ2n) is 10.5. The minimum atomic E-state index is -5.38. The molecule has 0 aliphatic heterocycles. The average molecular weight is 625 g/mol. The predicted octanol–water partition coefficient (Wildman–Crippen LogP) is 6.29. The van der Waals surface area contributed by atoms with E-state index in [1.54, 1.807) is 0 Å². The van der Waals surface area contributed by atoms with Gasteiger partial charge in [-0.15, -0.1) is 0 Å². The molecular formula is C30H29F5N2O5S. The maximum absolute atomic E-state index is 14.4. The molecule has 4 rings (SSSR count). The van der Waals surface area contributed by atoms with Crippen LogP contribution in [0.15, 0.2) is 47.4 Å². The number of carboxylic acids is 1. The van der Waals surface area contributed by atoms with Crippen LogP contribution in [0.25, 0.3) is 0 Å². The smallest absolute Gasteiger partial charge is 0.335 e. The fourth-order valence-electron chi connectivity index (χ4n) is 5.22. The molecule has 0 aromatic heterocycles. The molecule has 13 heteroatoms. The molecule has 1 aliphatic rings. The zero-order valence-electron chi connectivity index (χ0n) is 23.3. The van der Waals surface area contributed by atoms with Crippen LogP contribution in [-0.2, 0) is 21.4 Å². The van der Waals surface area contributed by atoms with Gasteiger partial charge in [-0.05, 0) is 60.6 Å². The molecule has 1 fully saturated rings. The highest BCUT2D eigenvalue weighted by molar-refractivity contribution is 7.89. The number of hydrogen-bond acceptors (Lipinski definition) is 4. The van der Waals surface area contributed by atoms with Crippen molar-refractivity contribution in [3.8, 4) is 0 Å². The van der Waals surface area contributed by atoms with Gasteiger partial charge in [0.15, 0.2) is 28.2 Å². The first-order valence-corrected chi connectivity index (χ1v) is 14.9. The number of carboxylic acid groups (broad SMARTS) is 1. The van der Waals surface area contributed by atoms with Gasteiger partial charge < -0.3 is 10.0 Å². The summed E-state index contributed by atoms with van der Waals surface area (Å²) in [5.74, 6) is -14.2. The molecule has 43 heavy (non-hydrogen) atoms. The Kier molecular flexibility index (Phi) is 9.55. The highest BCUT2D eigenvalue weighted by Gasteiger charge is 2.37. The molecule has 0 radical (unpaired) electrons. The van der Waals surface area contributed by atoms with E-state index in [2.05, 4.69) is 0 Å². The highest BCUT2D eigenvalue weighted by Crippen LogP contribution is 2.33. The van der Waals surface area contributed by atoms with E-state index in [4.69, 9.17) is 0 Å². The predicted molar refractivity (Wildman–Crippen MR) is 148 cm³/mol. The first-order chi connectivity index (χ1) is 20.2. The van der Waals surface area contributed by atoms with E-state index in [0.717, 1.165) is 43.2 Å². The second kappa shape index (κ2) is 12.8. The summed E-state index contributed by atoms with van der Waals surface area (Å²) in [6.07, 6.45) is 5.62. The maximum atomic E-state index is 14.4. The average Bonchev–Trinajstić information content (AvgIpc) is 2.98. The fourth-order valence-corrected chi connectivity index (χ4v) is 6.44. The molecule has 0 saturated heterocycles. The zero-order chi connectivity index (χ0) is 31.6. The topological polar surface area (TPSA) is 95.0 Å². The molecule has 0 heterocycles. The number of amides is 1. The SMILES string of the molecule is Cc1cc(N(Cc2ccc(C3CCCCC3)cc2)C(=O)CN(C)S(=O)(=O)c2c(F)c(F)c(F)c(F)c2F)ccc1C(=O)O. The summed E-state index contributed by atoms with van der Waals surface area (Å²) in [6, 6.07) is 11.6. The number of aromatic carboxylic acids is 1. The summed E-state index contributed by atoms with van der Waals surface area (Å²) in [5.41, 5.74) is 2.28. The van der Waals surface area contributed by atoms with Gasteiger partial charge in [0, 0.05) is 12.7 Å². The summed E-state index contributed by atoms with van der Waals surface area (Å²) < 4.78 is 95.8. The summed E-state index contributed by atoms with van der Waals surface area (Å²) in [5, 5.41) is 9.40. The van der Waals surface area contributed by atoms with Gasteiger partial charge in [-0.1, -0.05) is 43.5 Å². The molecule has 0 spiro atoms. The molecule has 0 unspecified atom stereocenters. The number of carbonyl (C=O) groups is 2. The number of halogens is 5. The van der Waals surface area contributed by atoms with Crippen LogP contribution < -0.4 is 4.90 Å². The zero-order valence-corrected chi connectivity index (χ0v) is 24.2. The summed E-state index contributed by atoms with van der Waals surface area (Å²) in [6.45, 7) is 0.377. The first kappa shape index (κ1) is 32.1. The number of hydrogen-bond donors (Lipinski definition) is 1. The van der Waals surface area contributed by atoms with Crippen molar-refractivity contribution in [3.63, 3.8) is 0 Å². The number of anilines is 1. The van der Waals surface area contributed by atoms with Crippen molar-refractivity contribution < 1.29 is 45.1 Å². The van der Waals surface area contributed by atoms with Gasteiger partial charge in [0.05, 0.1) is 18.7 Å². The normalized spacial score (nSPS) is 14.2. The van der Waals surface area contributed by atoms with E-state index < -0.39 is 62.4 Å². The van der Waals surface area contributed by atoms with E-state index in [0.29, 0.717) is 17.0 Å². The monoisotopic (exact) mass is 624 g/mol. The van der Waals surface area contributed by atoms with Crippen molar-refractivity contribution in [2.75, 3.05) is 18.5 Å². The van der Waals surface area contributed by atoms with Crippen LogP contribution in [0.5, 0.6) is 0 Å². The van der Waals surface area contributed by atoms with Crippen LogP contribution in [0.3, 0.4) is 0 Å². The molecular weight excluding hydrogens is 595 g/mol. The van der Waals surface area contributed by atoms with Gasteiger partial charge in [0.25, 0.3) is 0 Å². The first-order valence-electron chi connectivity index (χ1n) is 13.4. The van der Waals surface area contributed by atoms with Crippen molar-refractivity contribution >= 4 is 27.6 Å². The minimum Gasteiger partial charge on any atom is -0.478 e. The second-order valence-corrected chi connectivity index (χ2v) is 12.5. The molecule has 3 aromatic rings. The van der Waals surface area contributed by atoms with E-state index in [1.807, 2.05) is 24.3 Å². The van der Waals surface area contributed by atoms with Gasteiger partial charge in [-0.2, -0.15) is 4.31 Å². The van der Waals surface area contributed by atoms with Crippen molar-refractivity contribution in [1.82, 2.24) is 4.31 Å². The third-order valence-electron chi connectivity index (χ3n) is 7.65. The standard InChI is InChI=1S/C30H29F5N2O5S/c1-17-14-21(12-13-22(17)30(39)40)37(15-18-8-10-20(11-9-18)19-6-4-3-5-7-19)23(38)16-36(2)43(41,42)29-27(34)25(32)24(31)26(33)28(29)35/h8-14,19H,3-7,15-16H2,1-2H3,(H,39,40). The molecule has 7 nitrogen and oxygen atoms in total. The molecule has 230 valence electrons. The molecule has 0 atom stereocenters. The Hall–Kier alpha value is -3.84. The summed E-state index contributed by atoms with van der Waals surface area (Å²) in [4.78, 5) is 24.1. The lowest BCUT2D eigenvalue weighted by atomic mass is 9.84. The van der Waals surface area contributed by atoms with Crippen LogP contribution in [0.2, 0.25) is 0 Å². The fraction of sp³-hybridized carbons (Fsp3) is 0.333. The van der Waals surface area contributed by atoms with E-state index in [9.17, 15) is 45.1 Å². The molecule has 1 amide bonds. The third kappa shape index (κ3) is 6.57. The Labute approximate surface area is 245 Å². The van der Waals surface area contributed by atoms with E-state index >= 15 is 0 Å². The lowest BCUT2D eigenvalue weighted by Gasteiger charge is -2.27. The van der Waals surface area contributed by atoms with Crippen LogP contribution >= 0.6 is 0 Å². The van der Waals surface area contributed by atoms with Gasteiger partial charge in [-0.3, -0.25) is 4.79 Å². The molecule has 3 aromatic carbocycles. The lowest BCUT2D eigenvalue weighted by molar-refractivity contribution is -0.118. The Morgan fingerprint density at radius 1 is 0.860 bits per heavy atom. The Morgan fingerprint density at radius 2 is 1.42 bits per heavy atom. The van der Waals surface area contributed by atoms with Crippen LogP contribution in [0.4, 0.5) is 27.6 Å². The number of nitrogens with zero attached hydrogens (tertiary/aromatic N) is 2. The molecule has 1 aliphatic carbocycles. The van der Waals surface area contributed by atoms with Crippen molar-refractivity contribution in [3.05, 3.63) is 93.8 Å². The van der Waals surface area contributed by atoms with Gasteiger partial charge in [0.2, 0.25) is 21.7 Å². The van der Waals surface area contributed by atoms with Crippen LogP contribution in [0, 0.1) is 36.0 Å². The van der Waals surface area contributed by atoms with Gasteiger partial charge in [-0.25, -0.2) is 35.2 Å². The number of carbonyl (C=O) groups excluding carboxylic acids is 1. The number of rotatable bonds is 9. The quantitative estimate of drug-likeness (QED) is 0.172. The number of aryl methyl sites for hydroxylation is 1. The molecule has 1 saturated carbocycles. The number of likely N-dealkylation sites (N-methyl/N-ethyl adjacent to an activating group) is 1. The van der Waals surface area contributed by atoms with E-state index in [-0.39, 0.29) is 22.1 Å². The van der Waals surface area contributed by atoms with Crippen molar-refractivity contribution in [2.45, 2.75) is 56.4 Å².